The molecule has 0 aromatic carbocycles. The zero-order chi connectivity index (χ0) is 19.4. The minimum Gasteiger partial charge on any atom is -0.392 e. The molecule has 3 heterocycles. The molecule has 0 saturated carbocycles. The monoisotopic (exact) mass is 406 g/mol. The number of likely N-dealkylation sites (tertiary alicyclic amines) is 1. The minimum atomic E-state index is -0.207. The minimum absolute atomic E-state index is 0.0379. The van der Waals surface area contributed by atoms with Gasteiger partial charge >= 0.3 is 0 Å². The van der Waals surface area contributed by atoms with Gasteiger partial charge in [0, 0.05) is 43.1 Å². The quantitative estimate of drug-likeness (QED) is 0.789. The van der Waals surface area contributed by atoms with Crippen LogP contribution in [0.15, 0.2) is 6.07 Å². The number of ether oxygens (including phenoxy) is 1. The number of β-amino-alcohol motifs (C(OH)–C–C–N with tert-alkyl or cyclic N) is 1. The number of fused-ring (bicyclic) bond motifs is 1. The molecule has 28 heavy (non-hydrogen) atoms. The Labute approximate surface area is 172 Å². The van der Waals surface area contributed by atoms with Crippen LogP contribution in [0.25, 0.3) is 0 Å². The van der Waals surface area contributed by atoms with Crippen LogP contribution in [0.2, 0.25) is 0 Å². The normalized spacial score (nSPS) is 29.1. The fourth-order valence-corrected chi connectivity index (χ4v) is 6.14. The summed E-state index contributed by atoms with van der Waals surface area (Å²) in [6, 6.07) is 2.14. The first-order chi connectivity index (χ1) is 13.6. The van der Waals surface area contributed by atoms with E-state index in [-0.39, 0.29) is 17.4 Å². The predicted molar refractivity (Wildman–Crippen MR) is 112 cm³/mol. The maximum absolute atomic E-state index is 12.9. The van der Waals surface area contributed by atoms with Crippen LogP contribution in [0.4, 0.5) is 0 Å². The first-order valence-electron chi connectivity index (χ1n) is 11.0. The highest BCUT2D eigenvalue weighted by Gasteiger charge is 2.37. The van der Waals surface area contributed by atoms with E-state index >= 15 is 0 Å². The summed E-state index contributed by atoms with van der Waals surface area (Å²) in [5, 5.41) is 13.1. The topological polar surface area (TPSA) is 61.8 Å². The molecule has 1 aromatic rings. The molecule has 1 aromatic heterocycles. The summed E-state index contributed by atoms with van der Waals surface area (Å²) in [7, 11) is 0. The number of aliphatic hydroxyl groups excluding tert-OH is 1. The highest BCUT2D eigenvalue weighted by atomic mass is 32.1. The van der Waals surface area contributed by atoms with Crippen LogP contribution in [-0.4, -0.2) is 61.4 Å². The Kier molecular flexibility index (Phi) is 6.71. The average Bonchev–Trinajstić information content (AvgIpc) is 3.26. The van der Waals surface area contributed by atoms with Crippen molar-refractivity contribution < 1.29 is 14.6 Å². The molecule has 1 aliphatic carbocycles. The van der Waals surface area contributed by atoms with Gasteiger partial charge in [0.25, 0.3) is 5.91 Å². The fraction of sp³-hybridized carbons (Fsp3) is 0.773. The SMILES string of the molecule is O=C(NCC1(CN2CCC(O)C2)CCCOC1)c1cc2c(s1)CCCCCC2. The fourth-order valence-electron chi connectivity index (χ4n) is 4.97. The second kappa shape index (κ2) is 9.24. The highest BCUT2D eigenvalue weighted by molar-refractivity contribution is 7.14. The van der Waals surface area contributed by atoms with Gasteiger partial charge in [0.2, 0.25) is 0 Å². The predicted octanol–water partition coefficient (Wildman–Crippen LogP) is 3.00. The van der Waals surface area contributed by atoms with Crippen LogP contribution >= 0.6 is 11.3 Å². The van der Waals surface area contributed by atoms with Crippen molar-refractivity contribution in [2.45, 2.75) is 63.9 Å². The number of aryl methyl sites for hydroxylation is 2. The van der Waals surface area contributed by atoms with E-state index in [4.69, 9.17) is 4.74 Å². The molecule has 2 saturated heterocycles. The van der Waals surface area contributed by atoms with Gasteiger partial charge in [-0.3, -0.25) is 9.69 Å². The molecule has 0 bridgehead atoms. The van der Waals surface area contributed by atoms with Crippen LogP contribution in [-0.2, 0) is 17.6 Å². The number of hydrogen-bond donors (Lipinski definition) is 2. The summed E-state index contributed by atoms with van der Waals surface area (Å²) in [5.74, 6) is 0.0724. The number of nitrogens with zero attached hydrogens (tertiary/aromatic N) is 1. The zero-order valence-electron chi connectivity index (χ0n) is 16.9. The van der Waals surface area contributed by atoms with Crippen molar-refractivity contribution in [1.82, 2.24) is 10.2 Å². The second-order valence-corrected chi connectivity index (χ2v) is 10.1. The first-order valence-corrected chi connectivity index (χ1v) is 11.8. The van der Waals surface area contributed by atoms with Crippen LogP contribution in [0.1, 0.15) is 65.1 Å². The van der Waals surface area contributed by atoms with E-state index < -0.39 is 0 Å². The van der Waals surface area contributed by atoms with Crippen molar-refractivity contribution in [2.24, 2.45) is 5.41 Å². The lowest BCUT2D eigenvalue weighted by atomic mass is 9.81. The molecular formula is C22H34N2O3S. The summed E-state index contributed by atoms with van der Waals surface area (Å²) >= 11 is 1.70. The van der Waals surface area contributed by atoms with Gasteiger partial charge in [-0.1, -0.05) is 12.8 Å². The molecule has 2 fully saturated rings. The van der Waals surface area contributed by atoms with E-state index in [1.54, 1.807) is 11.3 Å². The number of nitrogens with one attached hydrogen (secondary N) is 1. The molecular weight excluding hydrogens is 372 g/mol. The Morgan fingerprint density at radius 1 is 1.29 bits per heavy atom. The smallest absolute Gasteiger partial charge is 0.261 e. The van der Waals surface area contributed by atoms with Gasteiger partial charge in [-0.15, -0.1) is 11.3 Å². The summed E-state index contributed by atoms with van der Waals surface area (Å²) in [4.78, 5) is 17.5. The molecule has 1 amide bonds. The Hall–Kier alpha value is -0.950. The molecule has 0 spiro atoms. The van der Waals surface area contributed by atoms with Crippen molar-refractivity contribution in [3.8, 4) is 0 Å². The van der Waals surface area contributed by atoms with Crippen LogP contribution in [0.3, 0.4) is 0 Å². The summed E-state index contributed by atoms with van der Waals surface area (Å²) in [5.41, 5.74) is 1.36. The molecule has 5 nitrogen and oxygen atoms in total. The van der Waals surface area contributed by atoms with Gasteiger partial charge in [-0.25, -0.2) is 0 Å². The number of amides is 1. The molecule has 2 N–H and O–H groups in total. The Bertz CT molecular complexity index is 643. The number of carbonyl (C=O) groups is 1. The third-order valence-electron chi connectivity index (χ3n) is 6.55. The van der Waals surface area contributed by atoms with Crippen molar-refractivity contribution in [3.63, 3.8) is 0 Å². The van der Waals surface area contributed by atoms with E-state index in [1.165, 1.54) is 36.1 Å². The first kappa shape index (κ1) is 20.3. The molecule has 2 unspecified atom stereocenters. The number of hydrogen-bond acceptors (Lipinski definition) is 5. The number of rotatable bonds is 5. The van der Waals surface area contributed by atoms with Crippen molar-refractivity contribution in [2.75, 3.05) is 39.4 Å². The van der Waals surface area contributed by atoms with Gasteiger partial charge in [-0.2, -0.15) is 0 Å². The van der Waals surface area contributed by atoms with Gasteiger partial charge in [0.05, 0.1) is 17.6 Å². The van der Waals surface area contributed by atoms with E-state index in [2.05, 4.69) is 16.3 Å². The zero-order valence-corrected chi connectivity index (χ0v) is 17.7. The average molecular weight is 407 g/mol. The van der Waals surface area contributed by atoms with Crippen molar-refractivity contribution >= 4 is 17.2 Å². The van der Waals surface area contributed by atoms with Gasteiger partial charge in [0.1, 0.15) is 0 Å². The highest BCUT2D eigenvalue weighted by Crippen LogP contribution is 2.32. The standard InChI is InChI=1S/C22H34N2O3S/c25-18-8-10-24(13-18)15-22(9-5-11-27-16-22)14-23-21(26)20-12-17-6-3-1-2-4-7-19(17)28-20/h12,18,25H,1-11,13-16H2,(H,23,26). The van der Waals surface area contributed by atoms with Crippen LogP contribution < -0.4 is 5.32 Å². The molecule has 0 radical (unpaired) electrons. The molecule has 2 atom stereocenters. The summed E-state index contributed by atoms with van der Waals surface area (Å²) in [6.07, 6.45) is 10.1. The van der Waals surface area contributed by atoms with Crippen molar-refractivity contribution in [3.05, 3.63) is 21.4 Å². The van der Waals surface area contributed by atoms with Crippen LogP contribution in [0.5, 0.6) is 0 Å². The Morgan fingerprint density at radius 2 is 2.14 bits per heavy atom. The van der Waals surface area contributed by atoms with Gasteiger partial charge in [-0.05, 0) is 56.6 Å². The van der Waals surface area contributed by atoms with Crippen LogP contribution in [0, 0.1) is 5.41 Å². The number of thiophene rings is 1. The lowest BCUT2D eigenvalue weighted by molar-refractivity contribution is -0.0236. The lowest BCUT2D eigenvalue weighted by Gasteiger charge is -2.40. The Morgan fingerprint density at radius 3 is 2.89 bits per heavy atom. The maximum Gasteiger partial charge on any atom is 0.261 e. The van der Waals surface area contributed by atoms with Gasteiger partial charge < -0.3 is 15.2 Å². The molecule has 3 aliphatic rings. The van der Waals surface area contributed by atoms with E-state index in [0.717, 1.165) is 63.2 Å². The number of carbonyl (C=O) groups excluding carboxylic acids is 1. The maximum atomic E-state index is 12.9. The van der Waals surface area contributed by atoms with E-state index in [0.29, 0.717) is 13.2 Å². The largest absolute Gasteiger partial charge is 0.392 e. The summed E-state index contributed by atoms with van der Waals surface area (Å²) < 4.78 is 5.82. The molecule has 4 rings (SSSR count). The molecule has 6 heteroatoms. The number of aliphatic hydroxyl groups is 1. The van der Waals surface area contributed by atoms with Crippen molar-refractivity contribution in [1.29, 1.82) is 0 Å². The summed E-state index contributed by atoms with van der Waals surface area (Å²) in [6.45, 7) is 4.74. The van der Waals surface area contributed by atoms with E-state index in [9.17, 15) is 9.90 Å². The molecule has 156 valence electrons. The van der Waals surface area contributed by atoms with E-state index in [1.807, 2.05) is 0 Å². The second-order valence-electron chi connectivity index (χ2n) is 8.99. The molecule has 2 aliphatic heterocycles. The third-order valence-corrected chi connectivity index (χ3v) is 7.79. The Balaban J connectivity index is 1.39. The third kappa shape index (κ3) is 4.96. The van der Waals surface area contributed by atoms with Gasteiger partial charge in [0.15, 0.2) is 0 Å². The lowest BCUT2D eigenvalue weighted by Crippen LogP contribution is -2.49.